The molecule has 1 aliphatic carbocycles. The number of para-hydroxylation sites is 1. The van der Waals surface area contributed by atoms with E-state index in [0.29, 0.717) is 12.5 Å². The molecule has 3 heteroatoms. The van der Waals surface area contributed by atoms with E-state index in [0.717, 1.165) is 30.1 Å². The van der Waals surface area contributed by atoms with E-state index >= 15 is 0 Å². The SMILES string of the molecule is Nc1ccccc1CC(=O)N1CCCC2CCCC21. The maximum Gasteiger partial charge on any atom is 0.227 e. The zero-order valence-corrected chi connectivity index (χ0v) is 11.3. The highest BCUT2D eigenvalue weighted by molar-refractivity contribution is 5.80. The van der Waals surface area contributed by atoms with Gasteiger partial charge >= 0.3 is 0 Å². The van der Waals surface area contributed by atoms with Crippen LogP contribution in [-0.4, -0.2) is 23.4 Å². The van der Waals surface area contributed by atoms with E-state index in [1.807, 2.05) is 24.3 Å². The van der Waals surface area contributed by atoms with Crippen molar-refractivity contribution in [2.45, 2.75) is 44.6 Å². The third-order valence-electron chi connectivity index (χ3n) is 4.71. The molecule has 1 heterocycles. The van der Waals surface area contributed by atoms with Crippen LogP contribution in [0.3, 0.4) is 0 Å². The average Bonchev–Trinajstić information content (AvgIpc) is 2.89. The van der Waals surface area contributed by atoms with Crippen molar-refractivity contribution in [2.24, 2.45) is 5.92 Å². The van der Waals surface area contributed by atoms with Gasteiger partial charge < -0.3 is 10.6 Å². The molecule has 1 saturated heterocycles. The van der Waals surface area contributed by atoms with Crippen LogP contribution in [0.2, 0.25) is 0 Å². The van der Waals surface area contributed by atoms with E-state index in [2.05, 4.69) is 4.90 Å². The van der Waals surface area contributed by atoms with Crippen LogP contribution in [-0.2, 0) is 11.2 Å². The number of nitrogens with zero attached hydrogens (tertiary/aromatic N) is 1. The van der Waals surface area contributed by atoms with Crippen molar-refractivity contribution < 1.29 is 4.79 Å². The number of likely N-dealkylation sites (tertiary alicyclic amines) is 1. The maximum absolute atomic E-state index is 12.5. The van der Waals surface area contributed by atoms with Crippen molar-refractivity contribution in [2.75, 3.05) is 12.3 Å². The summed E-state index contributed by atoms with van der Waals surface area (Å²) in [5, 5.41) is 0. The molecular formula is C16H22N2O. The van der Waals surface area contributed by atoms with Crippen LogP contribution >= 0.6 is 0 Å². The Labute approximate surface area is 114 Å². The van der Waals surface area contributed by atoms with Gasteiger partial charge in [0.1, 0.15) is 0 Å². The molecule has 0 spiro atoms. The fourth-order valence-corrected chi connectivity index (χ4v) is 3.72. The van der Waals surface area contributed by atoms with Crippen molar-refractivity contribution >= 4 is 11.6 Å². The Morgan fingerprint density at radius 2 is 2.00 bits per heavy atom. The molecule has 1 aromatic carbocycles. The molecule has 0 aromatic heterocycles. The van der Waals surface area contributed by atoms with Gasteiger partial charge in [0.2, 0.25) is 5.91 Å². The summed E-state index contributed by atoms with van der Waals surface area (Å²) < 4.78 is 0. The fourth-order valence-electron chi connectivity index (χ4n) is 3.72. The average molecular weight is 258 g/mol. The van der Waals surface area contributed by atoms with Crippen LogP contribution in [0, 0.1) is 5.92 Å². The topological polar surface area (TPSA) is 46.3 Å². The zero-order chi connectivity index (χ0) is 13.2. The number of hydrogen-bond acceptors (Lipinski definition) is 2. The van der Waals surface area contributed by atoms with Gasteiger partial charge in [0.05, 0.1) is 6.42 Å². The quantitative estimate of drug-likeness (QED) is 0.829. The molecule has 1 amide bonds. The molecular weight excluding hydrogens is 236 g/mol. The molecule has 102 valence electrons. The highest BCUT2D eigenvalue weighted by Crippen LogP contribution is 2.37. The lowest BCUT2D eigenvalue weighted by molar-refractivity contribution is -0.135. The Bertz CT molecular complexity index is 472. The van der Waals surface area contributed by atoms with Gasteiger partial charge in [-0.05, 0) is 43.2 Å². The van der Waals surface area contributed by atoms with Gasteiger partial charge in [-0.2, -0.15) is 0 Å². The van der Waals surface area contributed by atoms with E-state index in [1.54, 1.807) is 0 Å². The van der Waals surface area contributed by atoms with E-state index < -0.39 is 0 Å². The van der Waals surface area contributed by atoms with E-state index in [-0.39, 0.29) is 5.91 Å². The number of piperidine rings is 1. The third kappa shape index (κ3) is 2.46. The Kier molecular flexibility index (Phi) is 3.45. The van der Waals surface area contributed by atoms with Gasteiger partial charge in [-0.25, -0.2) is 0 Å². The molecule has 1 aliphatic heterocycles. The number of rotatable bonds is 2. The Morgan fingerprint density at radius 3 is 2.84 bits per heavy atom. The van der Waals surface area contributed by atoms with Gasteiger partial charge in [-0.3, -0.25) is 4.79 Å². The Balaban J connectivity index is 1.71. The second-order valence-electron chi connectivity index (χ2n) is 5.86. The number of nitrogen functional groups attached to an aromatic ring is 1. The standard InChI is InChI=1S/C16H22N2O/c17-14-8-2-1-5-13(14)11-16(19)18-10-4-7-12-6-3-9-15(12)18/h1-2,5,8,12,15H,3-4,6-7,9-11,17H2. The largest absolute Gasteiger partial charge is 0.398 e. The number of hydrogen-bond donors (Lipinski definition) is 1. The minimum Gasteiger partial charge on any atom is -0.398 e. The predicted octanol–water partition coefficient (Wildman–Crippen LogP) is 2.60. The van der Waals surface area contributed by atoms with Gasteiger partial charge in [-0.1, -0.05) is 24.6 Å². The summed E-state index contributed by atoms with van der Waals surface area (Å²) in [4.78, 5) is 14.7. The van der Waals surface area contributed by atoms with Gasteiger partial charge in [-0.15, -0.1) is 0 Å². The number of carbonyl (C=O) groups excluding carboxylic acids is 1. The van der Waals surface area contributed by atoms with Crippen molar-refractivity contribution in [1.82, 2.24) is 4.90 Å². The van der Waals surface area contributed by atoms with Crippen LogP contribution in [0.1, 0.15) is 37.7 Å². The first-order valence-electron chi connectivity index (χ1n) is 7.38. The van der Waals surface area contributed by atoms with Crippen LogP contribution in [0.5, 0.6) is 0 Å². The van der Waals surface area contributed by atoms with Gasteiger partial charge in [0, 0.05) is 18.3 Å². The normalized spacial score (nSPS) is 26.2. The molecule has 0 radical (unpaired) electrons. The van der Waals surface area contributed by atoms with Crippen LogP contribution in [0.25, 0.3) is 0 Å². The highest BCUT2D eigenvalue weighted by atomic mass is 16.2. The summed E-state index contributed by atoms with van der Waals surface area (Å²) in [5.41, 5.74) is 7.63. The molecule has 3 rings (SSSR count). The monoisotopic (exact) mass is 258 g/mol. The summed E-state index contributed by atoms with van der Waals surface area (Å²) in [6.07, 6.45) is 6.71. The van der Waals surface area contributed by atoms with Crippen molar-refractivity contribution in [3.63, 3.8) is 0 Å². The minimum absolute atomic E-state index is 0.259. The van der Waals surface area contributed by atoms with Crippen molar-refractivity contribution in [3.8, 4) is 0 Å². The minimum atomic E-state index is 0.259. The second kappa shape index (κ2) is 5.24. The lowest BCUT2D eigenvalue weighted by Crippen LogP contribution is -2.46. The first-order chi connectivity index (χ1) is 9.25. The number of benzene rings is 1. The molecule has 1 aromatic rings. The third-order valence-corrected chi connectivity index (χ3v) is 4.71. The molecule has 19 heavy (non-hydrogen) atoms. The molecule has 2 unspecified atom stereocenters. The molecule has 3 nitrogen and oxygen atoms in total. The molecule has 2 N–H and O–H groups in total. The molecule has 1 saturated carbocycles. The van der Waals surface area contributed by atoms with Crippen molar-refractivity contribution in [3.05, 3.63) is 29.8 Å². The number of anilines is 1. The van der Waals surface area contributed by atoms with Gasteiger partial charge in [0.15, 0.2) is 0 Å². The molecule has 2 atom stereocenters. The lowest BCUT2D eigenvalue weighted by atomic mass is 9.91. The van der Waals surface area contributed by atoms with E-state index in [4.69, 9.17) is 5.73 Å². The number of nitrogens with two attached hydrogens (primary N) is 1. The number of fused-ring (bicyclic) bond motifs is 1. The summed E-state index contributed by atoms with van der Waals surface area (Å²) >= 11 is 0. The Morgan fingerprint density at radius 1 is 1.21 bits per heavy atom. The number of carbonyl (C=O) groups is 1. The zero-order valence-electron chi connectivity index (χ0n) is 11.3. The molecule has 2 aliphatic rings. The first-order valence-corrected chi connectivity index (χ1v) is 7.38. The number of amides is 1. The molecule has 0 bridgehead atoms. The second-order valence-corrected chi connectivity index (χ2v) is 5.86. The van der Waals surface area contributed by atoms with Gasteiger partial charge in [0.25, 0.3) is 0 Å². The predicted molar refractivity (Wildman–Crippen MR) is 76.6 cm³/mol. The summed E-state index contributed by atoms with van der Waals surface area (Å²) in [7, 11) is 0. The summed E-state index contributed by atoms with van der Waals surface area (Å²) in [5.74, 6) is 1.01. The van der Waals surface area contributed by atoms with E-state index in [1.165, 1.54) is 25.7 Å². The highest BCUT2D eigenvalue weighted by Gasteiger charge is 2.37. The fraction of sp³-hybridized carbons (Fsp3) is 0.562. The smallest absolute Gasteiger partial charge is 0.227 e. The summed E-state index contributed by atoms with van der Waals surface area (Å²) in [6, 6.07) is 8.21. The van der Waals surface area contributed by atoms with Crippen LogP contribution in [0.4, 0.5) is 5.69 Å². The summed E-state index contributed by atoms with van der Waals surface area (Å²) in [6.45, 7) is 0.937. The molecule has 2 fully saturated rings. The van der Waals surface area contributed by atoms with E-state index in [9.17, 15) is 4.79 Å². The lowest BCUT2D eigenvalue weighted by Gasteiger charge is -2.38. The maximum atomic E-state index is 12.5. The Hall–Kier alpha value is -1.51. The van der Waals surface area contributed by atoms with Crippen molar-refractivity contribution in [1.29, 1.82) is 0 Å². The first kappa shape index (κ1) is 12.5. The van der Waals surface area contributed by atoms with Crippen LogP contribution in [0.15, 0.2) is 24.3 Å². The van der Waals surface area contributed by atoms with Crippen LogP contribution < -0.4 is 5.73 Å².